The molecule has 132 valence electrons. The van der Waals surface area contributed by atoms with Crippen molar-refractivity contribution >= 4 is 17.6 Å². The summed E-state index contributed by atoms with van der Waals surface area (Å²) in [6.07, 6.45) is 0.315. The van der Waals surface area contributed by atoms with Crippen molar-refractivity contribution < 1.29 is 19.1 Å². The van der Waals surface area contributed by atoms with Crippen molar-refractivity contribution in [1.29, 1.82) is 0 Å². The number of nitrogens with one attached hydrogen (secondary N) is 1. The van der Waals surface area contributed by atoms with Crippen molar-refractivity contribution in [2.75, 3.05) is 11.9 Å². The Bertz CT molecular complexity index is 707. The summed E-state index contributed by atoms with van der Waals surface area (Å²) in [4.78, 5) is 23.8. The van der Waals surface area contributed by atoms with E-state index in [0.717, 1.165) is 6.42 Å². The van der Waals surface area contributed by atoms with Crippen molar-refractivity contribution in [1.82, 2.24) is 0 Å². The Hall–Kier alpha value is -2.82. The van der Waals surface area contributed by atoms with Gasteiger partial charge in [0.25, 0.3) is 5.91 Å². The van der Waals surface area contributed by atoms with Gasteiger partial charge in [0.2, 0.25) is 0 Å². The van der Waals surface area contributed by atoms with E-state index in [4.69, 9.17) is 9.47 Å². The summed E-state index contributed by atoms with van der Waals surface area (Å²) in [5, 5.41) is 2.77. The molecule has 5 nitrogen and oxygen atoms in total. The predicted molar refractivity (Wildman–Crippen MR) is 96.9 cm³/mol. The number of carbonyl (C=O) groups is 2. The summed E-state index contributed by atoms with van der Waals surface area (Å²) in [5.74, 6) is 0.00793. The molecule has 0 saturated heterocycles. The van der Waals surface area contributed by atoms with Gasteiger partial charge in [0.15, 0.2) is 6.10 Å². The van der Waals surface area contributed by atoms with E-state index in [2.05, 4.69) is 12.2 Å². The fourth-order valence-electron chi connectivity index (χ4n) is 2.21. The van der Waals surface area contributed by atoms with Crippen molar-refractivity contribution in [2.45, 2.75) is 33.3 Å². The second-order valence-corrected chi connectivity index (χ2v) is 5.54. The Morgan fingerprint density at radius 1 is 1.00 bits per heavy atom. The summed E-state index contributed by atoms with van der Waals surface area (Å²) < 4.78 is 10.6. The van der Waals surface area contributed by atoms with Crippen molar-refractivity contribution in [3.8, 4) is 5.75 Å². The van der Waals surface area contributed by atoms with Gasteiger partial charge >= 0.3 is 5.97 Å². The molecule has 2 rings (SSSR count). The second-order valence-electron chi connectivity index (χ2n) is 5.54. The number of ether oxygens (including phenoxy) is 2. The lowest BCUT2D eigenvalue weighted by Crippen LogP contribution is -2.30. The van der Waals surface area contributed by atoms with Crippen molar-refractivity contribution in [2.24, 2.45) is 0 Å². The van der Waals surface area contributed by atoms with Crippen LogP contribution in [0.4, 0.5) is 5.69 Å². The van der Waals surface area contributed by atoms with E-state index in [1.165, 1.54) is 5.56 Å². The molecule has 0 fully saturated rings. The third kappa shape index (κ3) is 5.35. The van der Waals surface area contributed by atoms with E-state index in [1.54, 1.807) is 38.1 Å². The minimum atomic E-state index is -0.641. The minimum absolute atomic E-state index is 0.261. The van der Waals surface area contributed by atoms with Gasteiger partial charge in [-0.15, -0.1) is 0 Å². The average Bonchev–Trinajstić information content (AvgIpc) is 2.63. The normalized spacial score (nSPS) is 11.5. The summed E-state index contributed by atoms with van der Waals surface area (Å²) in [6, 6.07) is 14.2. The third-order valence-corrected chi connectivity index (χ3v) is 3.68. The van der Waals surface area contributed by atoms with Gasteiger partial charge in [-0.1, -0.05) is 19.1 Å². The van der Waals surface area contributed by atoms with E-state index in [0.29, 0.717) is 23.6 Å². The van der Waals surface area contributed by atoms with Gasteiger partial charge in [-0.2, -0.15) is 0 Å². The fourth-order valence-corrected chi connectivity index (χ4v) is 2.21. The van der Waals surface area contributed by atoms with Crippen LogP contribution in [-0.4, -0.2) is 24.6 Å². The second kappa shape index (κ2) is 8.87. The van der Waals surface area contributed by atoms with Crippen LogP contribution in [0.3, 0.4) is 0 Å². The monoisotopic (exact) mass is 341 g/mol. The zero-order chi connectivity index (χ0) is 18.2. The zero-order valence-corrected chi connectivity index (χ0v) is 14.7. The number of aryl methyl sites for hydroxylation is 1. The van der Waals surface area contributed by atoms with Gasteiger partial charge in [0.1, 0.15) is 5.75 Å². The van der Waals surface area contributed by atoms with Gasteiger partial charge in [0, 0.05) is 5.69 Å². The van der Waals surface area contributed by atoms with Gasteiger partial charge < -0.3 is 14.8 Å². The van der Waals surface area contributed by atoms with Crippen LogP contribution in [0.1, 0.15) is 36.7 Å². The SMILES string of the molecule is CCOC(=O)c1ccc(NC(=O)C(C)Oc2ccc(CC)cc2)cc1. The highest BCUT2D eigenvalue weighted by molar-refractivity contribution is 5.95. The molecule has 1 unspecified atom stereocenters. The Kier molecular flexibility index (Phi) is 6.57. The van der Waals surface area contributed by atoms with Crippen LogP contribution in [0.25, 0.3) is 0 Å². The standard InChI is InChI=1S/C20H23NO4/c1-4-15-6-12-18(13-7-15)25-14(3)19(22)21-17-10-8-16(9-11-17)20(23)24-5-2/h6-14H,4-5H2,1-3H3,(H,21,22). The van der Waals surface area contributed by atoms with Crippen LogP contribution in [0, 0.1) is 0 Å². The molecule has 0 aromatic heterocycles. The highest BCUT2D eigenvalue weighted by Crippen LogP contribution is 2.16. The van der Waals surface area contributed by atoms with Crippen LogP contribution in [-0.2, 0) is 16.0 Å². The van der Waals surface area contributed by atoms with Gasteiger partial charge in [-0.3, -0.25) is 4.79 Å². The van der Waals surface area contributed by atoms with Crippen molar-refractivity contribution in [3.05, 3.63) is 59.7 Å². The fraction of sp³-hybridized carbons (Fsp3) is 0.300. The van der Waals surface area contributed by atoms with Crippen LogP contribution >= 0.6 is 0 Å². The molecule has 0 heterocycles. The van der Waals surface area contributed by atoms with E-state index < -0.39 is 6.10 Å². The molecule has 1 amide bonds. The number of amides is 1. The Labute approximate surface area is 148 Å². The van der Waals surface area contributed by atoms with E-state index in [-0.39, 0.29) is 11.9 Å². The highest BCUT2D eigenvalue weighted by atomic mass is 16.5. The molecule has 1 atom stereocenters. The molecule has 1 N–H and O–H groups in total. The Balaban J connectivity index is 1.92. The first kappa shape index (κ1) is 18.5. The number of hydrogen-bond acceptors (Lipinski definition) is 4. The molecule has 25 heavy (non-hydrogen) atoms. The summed E-state index contributed by atoms with van der Waals surface area (Å²) >= 11 is 0. The molecule has 0 spiro atoms. The predicted octanol–water partition coefficient (Wildman–Crippen LogP) is 3.83. The molecule has 2 aromatic rings. The van der Waals surface area contributed by atoms with E-state index in [9.17, 15) is 9.59 Å². The first-order chi connectivity index (χ1) is 12.0. The lowest BCUT2D eigenvalue weighted by atomic mass is 10.2. The number of rotatable bonds is 7. The maximum absolute atomic E-state index is 12.2. The third-order valence-electron chi connectivity index (χ3n) is 3.68. The van der Waals surface area contributed by atoms with Gasteiger partial charge in [-0.25, -0.2) is 4.79 Å². The Morgan fingerprint density at radius 2 is 1.64 bits per heavy atom. The Morgan fingerprint density at radius 3 is 2.20 bits per heavy atom. The molecule has 0 aliphatic rings. The van der Waals surface area contributed by atoms with Crippen LogP contribution in [0.15, 0.2) is 48.5 Å². The topological polar surface area (TPSA) is 64.6 Å². The van der Waals surface area contributed by atoms with Crippen LogP contribution in [0.2, 0.25) is 0 Å². The molecule has 0 saturated carbocycles. The quantitative estimate of drug-likeness (QED) is 0.777. The molecule has 0 radical (unpaired) electrons. The lowest BCUT2D eigenvalue weighted by Gasteiger charge is -2.15. The molecule has 2 aromatic carbocycles. The number of esters is 1. The summed E-state index contributed by atoms with van der Waals surface area (Å²) in [5.41, 5.74) is 2.25. The molecular formula is C20H23NO4. The smallest absolute Gasteiger partial charge is 0.338 e. The first-order valence-electron chi connectivity index (χ1n) is 8.37. The minimum Gasteiger partial charge on any atom is -0.481 e. The summed E-state index contributed by atoms with van der Waals surface area (Å²) in [7, 11) is 0. The molecule has 0 bridgehead atoms. The van der Waals surface area contributed by atoms with Crippen LogP contribution < -0.4 is 10.1 Å². The highest BCUT2D eigenvalue weighted by Gasteiger charge is 2.15. The van der Waals surface area contributed by atoms with E-state index >= 15 is 0 Å². The molecule has 0 aliphatic carbocycles. The van der Waals surface area contributed by atoms with Crippen molar-refractivity contribution in [3.63, 3.8) is 0 Å². The van der Waals surface area contributed by atoms with E-state index in [1.807, 2.05) is 24.3 Å². The zero-order valence-electron chi connectivity index (χ0n) is 14.7. The average molecular weight is 341 g/mol. The number of carbonyl (C=O) groups excluding carboxylic acids is 2. The maximum Gasteiger partial charge on any atom is 0.338 e. The lowest BCUT2D eigenvalue weighted by molar-refractivity contribution is -0.122. The first-order valence-corrected chi connectivity index (χ1v) is 8.37. The van der Waals surface area contributed by atoms with Gasteiger partial charge in [-0.05, 0) is 62.2 Å². The molecule has 0 aliphatic heterocycles. The van der Waals surface area contributed by atoms with Gasteiger partial charge in [0.05, 0.1) is 12.2 Å². The molecule has 5 heteroatoms. The molecular weight excluding hydrogens is 318 g/mol. The number of hydrogen-bond donors (Lipinski definition) is 1. The number of anilines is 1. The number of benzene rings is 2. The maximum atomic E-state index is 12.2. The summed E-state index contributed by atoms with van der Waals surface area (Å²) in [6.45, 7) is 5.85. The van der Waals surface area contributed by atoms with Crippen LogP contribution in [0.5, 0.6) is 5.75 Å². The largest absolute Gasteiger partial charge is 0.481 e.